The molecule has 9 heteroatoms. The van der Waals surface area contributed by atoms with Gasteiger partial charge in [-0.15, -0.1) is 0 Å². The molecule has 0 bridgehead atoms. The van der Waals surface area contributed by atoms with Gasteiger partial charge in [0, 0.05) is 12.1 Å². The van der Waals surface area contributed by atoms with Gasteiger partial charge in [0.1, 0.15) is 11.6 Å². The number of rotatable bonds is 2. The van der Waals surface area contributed by atoms with Gasteiger partial charge in [-0.25, -0.2) is 23.2 Å². The topological polar surface area (TPSA) is 75.9 Å². The average molecular weight is 406 g/mol. The second kappa shape index (κ2) is 7.18. The molecule has 150 valence electrons. The quantitative estimate of drug-likeness (QED) is 0.551. The fourth-order valence-electron chi connectivity index (χ4n) is 3.54. The van der Waals surface area contributed by atoms with Crippen molar-refractivity contribution in [3.8, 4) is 5.82 Å². The molecular formula is C21H16F2N6O. The fraction of sp³-hybridized carbons (Fsp3) is 0.143. The van der Waals surface area contributed by atoms with Crippen LogP contribution in [0.4, 0.5) is 19.3 Å². The lowest BCUT2D eigenvalue weighted by Crippen LogP contribution is -2.39. The highest BCUT2D eigenvalue weighted by Gasteiger charge is 2.25. The lowest BCUT2D eigenvalue weighted by molar-refractivity contribution is 0.204. The Labute approximate surface area is 170 Å². The molecule has 0 fully saturated rings. The molecule has 5 rings (SSSR count). The molecule has 2 aromatic heterocycles. The van der Waals surface area contributed by atoms with E-state index in [1.807, 2.05) is 24.3 Å². The molecule has 1 N–H and O–H groups in total. The Bertz CT molecular complexity index is 1270. The zero-order valence-corrected chi connectivity index (χ0v) is 15.7. The maximum Gasteiger partial charge on any atom is 0.322 e. The van der Waals surface area contributed by atoms with Gasteiger partial charge in [0.05, 0.1) is 41.9 Å². The molecule has 0 aliphatic carbocycles. The number of urea groups is 1. The Morgan fingerprint density at radius 3 is 2.60 bits per heavy atom. The number of aromatic nitrogens is 4. The van der Waals surface area contributed by atoms with Gasteiger partial charge in [-0.1, -0.05) is 12.1 Å². The van der Waals surface area contributed by atoms with E-state index in [2.05, 4.69) is 20.4 Å². The summed E-state index contributed by atoms with van der Waals surface area (Å²) in [6.45, 7) is 0.304. The molecule has 4 aromatic rings. The highest BCUT2D eigenvalue weighted by Crippen LogP contribution is 2.25. The van der Waals surface area contributed by atoms with Crippen LogP contribution in [0.15, 0.2) is 55.0 Å². The molecule has 7 nitrogen and oxygen atoms in total. The van der Waals surface area contributed by atoms with Crippen LogP contribution in [0.2, 0.25) is 0 Å². The third-order valence-electron chi connectivity index (χ3n) is 5.09. The Kier molecular flexibility index (Phi) is 4.35. The Morgan fingerprint density at radius 2 is 1.77 bits per heavy atom. The number of anilines is 1. The van der Waals surface area contributed by atoms with E-state index in [1.54, 1.807) is 12.4 Å². The molecule has 0 saturated heterocycles. The lowest BCUT2D eigenvalue weighted by atomic mass is 9.99. The number of nitrogens with one attached hydrogen (secondary N) is 1. The van der Waals surface area contributed by atoms with Crippen molar-refractivity contribution in [3.05, 3.63) is 77.8 Å². The first-order chi connectivity index (χ1) is 14.6. The summed E-state index contributed by atoms with van der Waals surface area (Å²) in [5.41, 5.74) is 2.52. The molecule has 3 heterocycles. The summed E-state index contributed by atoms with van der Waals surface area (Å²) < 4.78 is 29.5. The van der Waals surface area contributed by atoms with Crippen LogP contribution in [0.3, 0.4) is 0 Å². The summed E-state index contributed by atoms with van der Waals surface area (Å²) in [5.74, 6) is -0.436. The van der Waals surface area contributed by atoms with Crippen LogP contribution in [0, 0.1) is 11.6 Å². The van der Waals surface area contributed by atoms with Crippen molar-refractivity contribution in [2.75, 3.05) is 11.9 Å². The number of nitrogens with zero attached hydrogens (tertiary/aromatic N) is 5. The SMILES string of the molecule is O=C(Nc1cnn(-c2cnc3ccccc3n2)c1)N1CCc2c(F)ccc(F)c2C1. The highest BCUT2D eigenvalue weighted by molar-refractivity contribution is 5.89. The third kappa shape index (κ3) is 3.24. The smallest absolute Gasteiger partial charge is 0.320 e. The summed E-state index contributed by atoms with van der Waals surface area (Å²) in [7, 11) is 0. The predicted molar refractivity (Wildman–Crippen MR) is 106 cm³/mol. The van der Waals surface area contributed by atoms with E-state index in [0.717, 1.165) is 23.2 Å². The van der Waals surface area contributed by atoms with Crippen molar-refractivity contribution in [3.63, 3.8) is 0 Å². The summed E-state index contributed by atoms with van der Waals surface area (Å²) in [6.07, 6.45) is 4.97. The van der Waals surface area contributed by atoms with Gasteiger partial charge in [-0.05, 0) is 36.2 Å². The minimum absolute atomic E-state index is 0.00898. The van der Waals surface area contributed by atoms with Crippen molar-refractivity contribution in [1.29, 1.82) is 0 Å². The van der Waals surface area contributed by atoms with E-state index >= 15 is 0 Å². The number of benzene rings is 2. The van der Waals surface area contributed by atoms with Crippen LogP contribution in [-0.4, -0.2) is 37.2 Å². The van der Waals surface area contributed by atoms with Crippen LogP contribution in [0.1, 0.15) is 11.1 Å². The van der Waals surface area contributed by atoms with Gasteiger partial charge >= 0.3 is 6.03 Å². The lowest BCUT2D eigenvalue weighted by Gasteiger charge is -2.29. The Morgan fingerprint density at radius 1 is 1.00 bits per heavy atom. The van der Waals surface area contributed by atoms with Crippen molar-refractivity contribution in [2.24, 2.45) is 0 Å². The molecule has 0 atom stereocenters. The number of para-hydroxylation sites is 2. The number of fused-ring (bicyclic) bond motifs is 2. The van der Waals surface area contributed by atoms with Gasteiger partial charge in [0.2, 0.25) is 0 Å². The van der Waals surface area contributed by atoms with Crippen molar-refractivity contribution in [1.82, 2.24) is 24.6 Å². The van der Waals surface area contributed by atoms with Crippen LogP contribution >= 0.6 is 0 Å². The molecule has 0 saturated carbocycles. The number of carbonyl (C=O) groups excluding carboxylic acids is 1. The van der Waals surface area contributed by atoms with Crippen molar-refractivity contribution in [2.45, 2.75) is 13.0 Å². The molecule has 1 aliphatic heterocycles. The largest absolute Gasteiger partial charge is 0.322 e. The third-order valence-corrected chi connectivity index (χ3v) is 5.09. The number of hydrogen-bond donors (Lipinski definition) is 1. The van der Waals surface area contributed by atoms with Crippen LogP contribution in [-0.2, 0) is 13.0 Å². The van der Waals surface area contributed by atoms with Gasteiger partial charge in [-0.3, -0.25) is 4.98 Å². The first-order valence-corrected chi connectivity index (χ1v) is 9.37. The number of carbonyl (C=O) groups is 1. The second-order valence-electron chi connectivity index (χ2n) is 6.98. The molecule has 1 aliphatic rings. The fourth-order valence-corrected chi connectivity index (χ4v) is 3.54. The maximum atomic E-state index is 14.1. The van der Waals surface area contributed by atoms with E-state index in [4.69, 9.17) is 0 Å². The normalized spacial score (nSPS) is 13.3. The van der Waals surface area contributed by atoms with Gasteiger partial charge in [-0.2, -0.15) is 5.10 Å². The molecule has 0 spiro atoms. The molecule has 30 heavy (non-hydrogen) atoms. The van der Waals surface area contributed by atoms with Crippen molar-refractivity contribution >= 4 is 22.8 Å². The first kappa shape index (κ1) is 18.2. The number of amides is 2. The van der Waals surface area contributed by atoms with Crippen LogP contribution < -0.4 is 5.32 Å². The minimum atomic E-state index is -0.508. The van der Waals surface area contributed by atoms with Gasteiger partial charge in [0.25, 0.3) is 0 Å². The van der Waals surface area contributed by atoms with Crippen LogP contribution in [0.25, 0.3) is 16.9 Å². The molecule has 0 unspecified atom stereocenters. The minimum Gasteiger partial charge on any atom is -0.320 e. The Hall–Kier alpha value is -3.88. The van der Waals surface area contributed by atoms with E-state index in [1.165, 1.54) is 15.8 Å². The maximum absolute atomic E-state index is 14.1. The summed E-state index contributed by atoms with van der Waals surface area (Å²) in [5, 5.41) is 6.97. The van der Waals surface area contributed by atoms with E-state index in [-0.39, 0.29) is 18.5 Å². The first-order valence-electron chi connectivity index (χ1n) is 9.37. The standard InChI is InChI=1S/C21H16F2N6O/c22-16-5-6-17(23)15-12-28(8-7-14(15)16)21(30)26-13-9-25-29(11-13)20-10-24-18-3-1-2-4-19(18)27-20/h1-6,9-11H,7-8,12H2,(H,26,30). The average Bonchev–Trinajstić information content (AvgIpc) is 3.24. The molecule has 2 aromatic carbocycles. The second-order valence-corrected chi connectivity index (χ2v) is 6.98. The monoisotopic (exact) mass is 406 g/mol. The number of halogens is 2. The van der Waals surface area contributed by atoms with Gasteiger partial charge in [0.15, 0.2) is 5.82 Å². The van der Waals surface area contributed by atoms with E-state index < -0.39 is 17.7 Å². The summed E-state index contributed by atoms with van der Waals surface area (Å²) in [4.78, 5) is 22.9. The highest BCUT2D eigenvalue weighted by atomic mass is 19.1. The van der Waals surface area contributed by atoms with Crippen molar-refractivity contribution < 1.29 is 13.6 Å². The summed E-state index contributed by atoms with van der Waals surface area (Å²) >= 11 is 0. The van der Waals surface area contributed by atoms with E-state index in [9.17, 15) is 13.6 Å². The molecule has 0 radical (unpaired) electrons. The Balaban J connectivity index is 1.32. The predicted octanol–water partition coefficient (Wildman–Crippen LogP) is 3.68. The summed E-state index contributed by atoms with van der Waals surface area (Å²) in [6, 6.07) is 9.28. The zero-order valence-electron chi connectivity index (χ0n) is 15.7. The van der Waals surface area contributed by atoms with E-state index in [0.29, 0.717) is 23.6 Å². The van der Waals surface area contributed by atoms with Gasteiger partial charge < -0.3 is 10.2 Å². The van der Waals surface area contributed by atoms with Crippen LogP contribution in [0.5, 0.6) is 0 Å². The number of hydrogen-bond acceptors (Lipinski definition) is 4. The molecule has 2 amide bonds. The zero-order chi connectivity index (χ0) is 20.7. The molecular weight excluding hydrogens is 390 g/mol.